The average Bonchev–Trinajstić information content (AvgIpc) is 2.77. The van der Waals surface area contributed by atoms with Crippen molar-refractivity contribution in [3.05, 3.63) is 50.5 Å². The number of esters is 1. The Morgan fingerprint density at radius 3 is 2.30 bits per heavy atom. The van der Waals surface area contributed by atoms with Crippen molar-refractivity contribution in [2.75, 3.05) is 60.6 Å². The molecule has 0 N–H and O–H groups in total. The molecule has 0 bridgehead atoms. The summed E-state index contributed by atoms with van der Waals surface area (Å²) in [5.74, 6) is -0.797. The number of ether oxygens (including phenoxy) is 1. The molecule has 2 aliphatic rings. The minimum absolute atomic E-state index is 0.249. The van der Waals surface area contributed by atoms with Crippen LogP contribution in [0.4, 0.5) is 21.5 Å². The Bertz CT molecular complexity index is 993. The Hall–Kier alpha value is -2.90. The van der Waals surface area contributed by atoms with Gasteiger partial charge in [0.15, 0.2) is 0 Å². The minimum atomic E-state index is -0.481. The van der Waals surface area contributed by atoms with Crippen molar-refractivity contribution in [2.24, 2.45) is 5.92 Å². The van der Waals surface area contributed by atoms with Gasteiger partial charge in [-0.25, -0.2) is 4.39 Å². The third kappa shape index (κ3) is 3.66. The molecule has 2 fully saturated rings. The summed E-state index contributed by atoms with van der Waals surface area (Å²) in [6.07, 6.45) is 1.49. The maximum Gasteiger partial charge on any atom is 0.310 e. The highest BCUT2D eigenvalue weighted by Crippen LogP contribution is 2.30. The number of benzene rings is 1. The van der Waals surface area contributed by atoms with E-state index >= 15 is 0 Å². The fourth-order valence-electron chi connectivity index (χ4n) is 4.47. The highest BCUT2D eigenvalue weighted by molar-refractivity contribution is 5.79. The number of anilines is 3. The van der Waals surface area contributed by atoms with Crippen LogP contribution >= 0.6 is 0 Å². The number of halogens is 1. The van der Waals surface area contributed by atoms with E-state index in [9.17, 15) is 18.8 Å². The number of carbonyl (C=O) groups excluding carboxylic acids is 1. The molecule has 2 heterocycles. The van der Waals surface area contributed by atoms with Crippen molar-refractivity contribution in [3.63, 3.8) is 0 Å². The lowest BCUT2D eigenvalue weighted by atomic mass is 9.96. The van der Waals surface area contributed by atoms with Crippen LogP contribution in [0.5, 0.6) is 0 Å². The van der Waals surface area contributed by atoms with Crippen LogP contribution in [0.15, 0.2) is 33.9 Å². The van der Waals surface area contributed by atoms with Crippen molar-refractivity contribution in [2.45, 2.75) is 19.8 Å². The van der Waals surface area contributed by atoms with Gasteiger partial charge in [-0.05, 0) is 31.9 Å². The smallest absolute Gasteiger partial charge is 0.310 e. The van der Waals surface area contributed by atoms with Crippen LogP contribution in [0.2, 0.25) is 0 Å². The summed E-state index contributed by atoms with van der Waals surface area (Å²) in [4.78, 5) is 42.7. The van der Waals surface area contributed by atoms with Crippen LogP contribution in [0, 0.1) is 11.7 Å². The van der Waals surface area contributed by atoms with E-state index in [1.54, 1.807) is 25.1 Å². The lowest BCUT2D eigenvalue weighted by Crippen LogP contribution is -2.54. The topological polar surface area (TPSA) is 70.2 Å². The number of hydrogen-bond donors (Lipinski definition) is 0. The molecule has 0 aromatic heterocycles. The van der Waals surface area contributed by atoms with Crippen LogP contribution in [0.1, 0.15) is 19.8 Å². The van der Waals surface area contributed by atoms with Gasteiger partial charge in [0.05, 0.1) is 18.2 Å². The van der Waals surface area contributed by atoms with Crippen molar-refractivity contribution >= 4 is 23.0 Å². The summed E-state index contributed by atoms with van der Waals surface area (Å²) in [5, 5.41) is 0. The number of rotatable bonds is 5. The molecule has 30 heavy (non-hydrogen) atoms. The predicted octanol–water partition coefficient (Wildman–Crippen LogP) is 1.53. The fraction of sp³-hybridized carbons (Fsp3) is 0.500. The highest BCUT2D eigenvalue weighted by Gasteiger charge is 2.35. The molecule has 160 valence electrons. The van der Waals surface area contributed by atoms with E-state index in [4.69, 9.17) is 4.74 Å². The first-order valence-electron chi connectivity index (χ1n) is 10.5. The van der Waals surface area contributed by atoms with Gasteiger partial charge in [0.2, 0.25) is 0 Å². The first-order valence-corrected chi connectivity index (χ1v) is 10.5. The molecule has 7 nitrogen and oxygen atoms in total. The van der Waals surface area contributed by atoms with Crippen LogP contribution in [-0.4, -0.2) is 51.8 Å². The maximum atomic E-state index is 14.1. The van der Waals surface area contributed by atoms with Gasteiger partial charge in [-0.3, -0.25) is 14.4 Å². The molecule has 0 radical (unpaired) electrons. The Balaban J connectivity index is 1.48. The number of nitrogens with zero attached hydrogens (tertiary/aromatic N) is 3. The molecular formula is C22H26FN3O4. The second kappa shape index (κ2) is 8.45. The molecule has 0 unspecified atom stereocenters. The SMILES string of the molecule is CCOC(=O)[C@H]1CCCN(c2c(N3CCN(c4ccccc4F)CC3)c(=O)c2=O)C1. The zero-order valence-corrected chi connectivity index (χ0v) is 17.1. The summed E-state index contributed by atoms with van der Waals surface area (Å²) in [6.45, 7) is 5.31. The maximum absolute atomic E-state index is 14.1. The van der Waals surface area contributed by atoms with Gasteiger partial charge in [0.1, 0.15) is 17.2 Å². The van der Waals surface area contributed by atoms with Crippen molar-refractivity contribution in [1.82, 2.24) is 0 Å². The third-order valence-electron chi connectivity index (χ3n) is 6.01. The first kappa shape index (κ1) is 20.4. The Kier molecular flexibility index (Phi) is 5.74. The van der Waals surface area contributed by atoms with E-state index in [0.29, 0.717) is 62.9 Å². The standard InChI is InChI=1S/C22H26FN3O4/c1-2-30-22(29)15-6-5-9-26(14-15)19-18(20(27)21(19)28)25-12-10-24(11-13-25)17-8-4-3-7-16(17)23/h3-4,7-8,15H,2,5-6,9-14H2,1H3/t15-/m0/s1. The molecule has 0 saturated carbocycles. The Morgan fingerprint density at radius 2 is 1.63 bits per heavy atom. The molecule has 0 amide bonds. The van der Waals surface area contributed by atoms with E-state index in [0.717, 1.165) is 12.8 Å². The monoisotopic (exact) mass is 415 g/mol. The normalized spacial score (nSPS) is 19.9. The van der Waals surface area contributed by atoms with Crippen LogP contribution < -0.4 is 25.6 Å². The Morgan fingerprint density at radius 1 is 1.00 bits per heavy atom. The van der Waals surface area contributed by atoms with E-state index < -0.39 is 10.9 Å². The summed E-state index contributed by atoms with van der Waals surface area (Å²) >= 11 is 0. The van der Waals surface area contributed by atoms with Crippen molar-refractivity contribution in [3.8, 4) is 0 Å². The third-order valence-corrected chi connectivity index (χ3v) is 6.01. The molecule has 8 heteroatoms. The number of piperazine rings is 1. The van der Waals surface area contributed by atoms with Crippen LogP contribution in [-0.2, 0) is 9.53 Å². The summed E-state index contributed by atoms with van der Waals surface area (Å²) < 4.78 is 19.2. The van der Waals surface area contributed by atoms with E-state index in [1.165, 1.54) is 6.07 Å². The van der Waals surface area contributed by atoms with E-state index in [2.05, 4.69) is 0 Å². The Labute approximate surface area is 174 Å². The fourth-order valence-corrected chi connectivity index (χ4v) is 4.47. The highest BCUT2D eigenvalue weighted by atomic mass is 19.1. The van der Waals surface area contributed by atoms with Gasteiger partial charge in [0, 0.05) is 39.3 Å². The zero-order chi connectivity index (χ0) is 21.3. The average molecular weight is 415 g/mol. The lowest BCUT2D eigenvalue weighted by Gasteiger charge is -2.41. The van der Waals surface area contributed by atoms with Crippen LogP contribution in [0.3, 0.4) is 0 Å². The number of piperidine rings is 1. The molecule has 2 aliphatic heterocycles. The number of para-hydroxylation sites is 1. The lowest BCUT2D eigenvalue weighted by molar-refractivity contribution is -0.148. The van der Waals surface area contributed by atoms with Crippen molar-refractivity contribution < 1.29 is 13.9 Å². The summed E-state index contributed by atoms with van der Waals surface area (Å²) in [6, 6.07) is 6.65. The number of hydrogen-bond acceptors (Lipinski definition) is 7. The first-order chi connectivity index (χ1) is 14.5. The second-order valence-corrected chi connectivity index (χ2v) is 7.82. The van der Waals surface area contributed by atoms with Gasteiger partial charge in [-0.1, -0.05) is 12.1 Å². The minimum Gasteiger partial charge on any atom is -0.466 e. The zero-order valence-electron chi connectivity index (χ0n) is 17.1. The van der Waals surface area contributed by atoms with Gasteiger partial charge in [-0.15, -0.1) is 0 Å². The van der Waals surface area contributed by atoms with E-state index in [1.807, 2.05) is 14.7 Å². The molecule has 2 aromatic rings. The van der Waals surface area contributed by atoms with Gasteiger partial charge >= 0.3 is 5.97 Å². The molecule has 1 atom stereocenters. The van der Waals surface area contributed by atoms with E-state index in [-0.39, 0.29) is 17.7 Å². The van der Waals surface area contributed by atoms with Gasteiger partial charge < -0.3 is 19.4 Å². The molecular weight excluding hydrogens is 389 g/mol. The van der Waals surface area contributed by atoms with Crippen LogP contribution in [0.25, 0.3) is 0 Å². The molecule has 2 saturated heterocycles. The largest absolute Gasteiger partial charge is 0.466 e. The molecule has 0 spiro atoms. The van der Waals surface area contributed by atoms with Crippen molar-refractivity contribution in [1.29, 1.82) is 0 Å². The molecule has 2 aromatic carbocycles. The summed E-state index contributed by atoms with van der Waals surface area (Å²) in [7, 11) is 0. The summed E-state index contributed by atoms with van der Waals surface area (Å²) in [5.41, 5.74) is 0.468. The van der Waals surface area contributed by atoms with Gasteiger partial charge in [-0.2, -0.15) is 0 Å². The van der Waals surface area contributed by atoms with Gasteiger partial charge in [0.25, 0.3) is 10.9 Å². The quantitative estimate of drug-likeness (QED) is 0.542. The second-order valence-electron chi connectivity index (χ2n) is 7.82. The molecule has 4 rings (SSSR count). The predicted molar refractivity (Wildman–Crippen MR) is 114 cm³/mol. The molecule has 0 aliphatic carbocycles. The number of carbonyl (C=O) groups is 1.